The Labute approximate surface area is 181 Å². The van der Waals surface area contributed by atoms with Gasteiger partial charge < -0.3 is 15.2 Å². The summed E-state index contributed by atoms with van der Waals surface area (Å²) in [6, 6.07) is 11.6. The highest BCUT2D eigenvalue weighted by molar-refractivity contribution is 14.0. The number of hydrogen-bond donors (Lipinski definition) is 2. The molecule has 2 aromatic heterocycles. The van der Waals surface area contributed by atoms with Gasteiger partial charge >= 0.3 is 0 Å². The number of nitrogens with one attached hydrogen (secondary N) is 2. The fourth-order valence-electron chi connectivity index (χ4n) is 2.51. The number of halogens is 2. The van der Waals surface area contributed by atoms with Crippen molar-refractivity contribution in [2.75, 3.05) is 13.1 Å². The highest BCUT2D eigenvalue weighted by atomic mass is 127. The van der Waals surface area contributed by atoms with Crippen molar-refractivity contribution in [3.05, 3.63) is 71.8 Å². The van der Waals surface area contributed by atoms with Crippen molar-refractivity contribution in [2.24, 2.45) is 4.99 Å². The first kappa shape index (κ1) is 21.3. The number of nitrogens with zero attached hydrogens (tertiary/aromatic N) is 4. The Morgan fingerprint density at radius 3 is 2.59 bits per heavy atom. The second-order valence-corrected chi connectivity index (χ2v) is 6.25. The largest absolute Gasteiger partial charge is 0.357 e. The lowest BCUT2D eigenvalue weighted by molar-refractivity contribution is 0.666. The van der Waals surface area contributed by atoms with Gasteiger partial charge in [-0.2, -0.15) is 5.10 Å². The van der Waals surface area contributed by atoms with Crippen molar-refractivity contribution in [3.63, 3.8) is 0 Å². The minimum atomic E-state index is 0. The molecule has 0 radical (unpaired) electrons. The number of hydrogen-bond acceptors (Lipinski definition) is 2. The van der Waals surface area contributed by atoms with Crippen LogP contribution >= 0.6 is 35.6 Å². The van der Waals surface area contributed by atoms with Gasteiger partial charge in [-0.3, -0.25) is 0 Å². The molecule has 0 unspecified atom stereocenters. The Hall–Kier alpha value is -2.00. The smallest absolute Gasteiger partial charge is 0.191 e. The topological polar surface area (TPSA) is 59.2 Å². The molecule has 0 saturated heterocycles. The molecule has 0 aliphatic rings. The van der Waals surface area contributed by atoms with E-state index in [1.54, 1.807) is 0 Å². The Balaban J connectivity index is 0.00000261. The van der Waals surface area contributed by atoms with E-state index in [2.05, 4.69) is 44.6 Å². The number of guanidine groups is 1. The van der Waals surface area contributed by atoms with E-state index in [-0.39, 0.29) is 24.0 Å². The molecule has 3 rings (SSSR count). The summed E-state index contributed by atoms with van der Waals surface area (Å²) in [5, 5.41) is 11.7. The molecule has 0 aliphatic heterocycles. The van der Waals surface area contributed by atoms with Crippen molar-refractivity contribution in [3.8, 4) is 5.69 Å². The van der Waals surface area contributed by atoms with Crippen molar-refractivity contribution < 1.29 is 0 Å². The van der Waals surface area contributed by atoms with Crippen LogP contribution in [0.1, 0.15) is 12.5 Å². The van der Waals surface area contributed by atoms with Gasteiger partial charge in [0.1, 0.15) is 0 Å². The van der Waals surface area contributed by atoms with E-state index in [4.69, 9.17) is 11.6 Å². The van der Waals surface area contributed by atoms with Crippen LogP contribution in [-0.2, 0) is 13.1 Å². The Bertz CT molecular complexity index is 826. The van der Waals surface area contributed by atoms with Crippen molar-refractivity contribution in [1.82, 2.24) is 25.0 Å². The highest BCUT2D eigenvalue weighted by Gasteiger charge is 2.02. The summed E-state index contributed by atoms with van der Waals surface area (Å²) in [6.45, 7) is 5.14. The van der Waals surface area contributed by atoms with Gasteiger partial charge in [0, 0.05) is 48.8 Å². The third-order valence-electron chi connectivity index (χ3n) is 3.82. The van der Waals surface area contributed by atoms with Crippen molar-refractivity contribution >= 4 is 41.5 Å². The molecule has 27 heavy (non-hydrogen) atoms. The molecule has 0 amide bonds. The first-order valence-electron chi connectivity index (χ1n) is 8.67. The SMILES string of the molecule is CCNC(=NCc1cnn(-c2ccc(Cl)cc2)c1)NCCn1cccc1.I. The molecule has 8 heteroatoms. The molecule has 0 bridgehead atoms. The Kier molecular flexibility index (Phi) is 8.66. The number of benzene rings is 1. The standard InChI is InChI=1S/C19H23ClN6.HI/c1-2-21-19(22-9-12-25-10-3-4-11-25)23-13-16-14-24-26(15-16)18-7-5-17(20)6-8-18;/h3-8,10-11,14-15H,2,9,12-13H2,1H3,(H2,21,22,23);1H. The maximum atomic E-state index is 5.93. The van der Waals surface area contributed by atoms with Crippen LogP contribution < -0.4 is 10.6 Å². The molecule has 1 aromatic carbocycles. The minimum Gasteiger partial charge on any atom is -0.357 e. The lowest BCUT2D eigenvalue weighted by Gasteiger charge is -2.11. The number of aromatic nitrogens is 3. The fraction of sp³-hybridized carbons (Fsp3) is 0.263. The van der Waals surface area contributed by atoms with E-state index in [1.165, 1.54) is 0 Å². The summed E-state index contributed by atoms with van der Waals surface area (Å²) in [7, 11) is 0. The van der Waals surface area contributed by atoms with Crippen molar-refractivity contribution in [1.29, 1.82) is 0 Å². The monoisotopic (exact) mass is 498 g/mol. The van der Waals surface area contributed by atoms with E-state index in [1.807, 2.05) is 53.5 Å². The van der Waals surface area contributed by atoms with Crippen LogP contribution in [0, 0.1) is 0 Å². The molecule has 2 N–H and O–H groups in total. The predicted molar refractivity (Wildman–Crippen MR) is 121 cm³/mol. The molecule has 144 valence electrons. The van der Waals surface area contributed by atoms with E-state index >= 15 is 0 Å². The Morgan fingerprint density at radius 2 is 1.89 bits per heavy atom. The van der Waals surface area contributed by atoms with Crippen LogP contribution in [-0.4, -0.2) is 33.4 Å². The minimum absolute atomic E-state index is 0. The van der Waals surface area contributed by atoms with Crippen LogP contribution in [0.5, 0.6) is 0 Å². The van der Waals surface area contributed by atoms with Crippen LogP contribution in [0.4, 0.5) is 0 Å². The molecule has 0 saturated carbocycles. The first-order chi connectivity index (χ1) is 12.7. The summed E-state index contributed by atoms with van der Waals surface area (Å²) in [5.41, 5.74) is 2.02. The zero-order valence-electron chi connectivity index (χ0n) is 15.2. The van der Waals surface area contributed by atoms with E-state index < -0.39 is 0 Å². The lowest BCUT2D eigenvalue weighted by atomic mass is 10.3. The molecule has 0 atom stereocenters. The Morgan fingerprint density at radius 1 is 1.15 bits per heavy atom. The summed E-state index contributed by atoms with van der Waals surface area (Å²) in [4.78, 5) is 4.63. The van der Waals surface area contributed by atoms with Crippen LogP contribution in [0.25, 0.3) is 5.69 Å². The van der Waals surface area contributed by atoms with E-state index in [9.17, 15) is 0 Å². The molecule has 2 heterocycles. The number of aliphatic imine (C=N–C) groups is 1. The lowest BCUT2D eigenvalue weighted by Crippen LogP contribution is -2.38. The third-order valence-corrected chi connectivity index (χ3v) is 4.07. The van der Waals surface area contributed by atoms with Crippen molar-refractivity contribution in [2.45, 2.75) is 20.0 Å². The molecule has 0 aliphatic carbocycles. The van der Waals surface area contributed by atoms with Crippen LogP contribution in [0.15, 0.2) is 66.2 Å². The zero-order valence-corrected chi connectivity index (χ0v) is 18.3. The average Bonchev–Trinajstić information content (AvgIpc) is 3.32. The zero-order chi connectivity index (χ0) is 18.2. The van der Waals surface area contributed by atoms with Gasteiger partial charge in [0.2, 0.25) is 0 Å². The summed E-state index contributed by atoms with van der Waals surface area (Å²) >= 11 is 5.93. The predicted octanol–water partition coefficient (Wildman–Crippen LogP) is 3.70. The van der Waals surface area contributed by atoms with Crippen LogP contribution in [0.3, 0.4) is 0 Å². The van der Waals surface area contributed by atoms with Crippen LogP contribution in [0.2, 0.25) is 5.02 Å². The van der Waals surface area contributed by atoms with Gasteiger partial charge in [-0.05, 0) is 43.3 Å². The summed E-state index contributed by atoms with van der Waals surface area (Å²) < 4.78 is 3.96. The molecule has 0 spiro atoms. The highest BCUT2D eigenvalue weighted by Crippen LogP contribution is 2.13. The number of rotatable bonds is 7. The maximum absolute atomic E-state index is 5.93. The van der Waals surface area contributed by atoms with Gasteiger partial charge in [0.15, 0.2) is 5.96 Å². The molecule has 0 fully saturated rings. The molecular weight excluding hydrogens is 475 g/mol. The molecule has 6 nitrogen and oxygen atoms in total. The van der Waals surface area contributed by atoms with Gasteiger partial charge in [0.05, 0.1) is 18.4 Å². The molecular formula is C19H24ClIN6. The normalized spacial score (nSPS) is 11.1. The van der Waals surface area contributed by atoms with Gasteiger partial charge in [-0.25, -0.2) is 9.67 Å². The third kappa shape index (κ3) is 6.59. The van der Waals surface area contributed by atoms with Gasteiger partial charge in [0.25, 0.3) is 0 Å². The average molecular weight is 499 g/mol. The van der Waals surface area contributed by atoms with E-state index in [0.29, 0.717) is 11.6 Å². The summed E-state index contributed by atoms with van der Waals surface area (Å²) in [6.07, 6.45) is 7.92. The maximum Gasteiger partial charge on any atom is 0.191 e. The second-order valence-electron chi connectivity index (χ2n) is 5.81. The quantitative estimate of drug-likeness (QED) is 0.297. The first-order valence-corrected chi connectivity index (χ1v) is 9.05. The van der Waals surface area contributed by atoms with E-state index in [0.717, 1.165) is 36.8 Å². The second kappa shape index (κ2) is 11.0. The van der Waals surface area contributed by atoms with Gasteiger partial charge in [-0.1, -0.05) is 11.6 Å². The van der Waals surface area contributed by atoms with Gasteiger partial charge in [-0.15, -0.1) is 24.0 Å². The molecule has 3 aromatic rings. The fourth-order valence-corrected chi connectivity index (χ4v) is 2.64. The summed E-state index contributed by atoms with van der Waals surface area (Å²) in [5.74, 6) is 0.805.